The highest BCUT2D eigenvalue weighted by Gasteiger charge is 2.32. The Morgan fingerprint density at radius 3 is 2.74 bits per heavy atom. The number of carbonyl (C=O) groups excluding carboxylic acids is 1. The van der Waals surface area contributed by atoms with Crippen LogP contribution in [0.3, 0.4) is 0 Å². The van der Waals surface area contributed by atoms with Crippen molar-refractivity contribution in [3.8, 4) is 0 Å². The summed E-state index contributed by atoms with van der Waals surface area (Å²) in [5, 5.41) is 3.95. The number of nitrogens with one attached hydrogen (secondary N) is 1. The molecule has 2 unspecified atom stereocenters. The van der Waals surface area contributed by atoms with Crippen molar-refractivity contribution in [1.82, 2.24) is 5.32 Å². The van der Waals surface area contributed by atoms with Gasteiger partial charge in [-0.05, 0) is 37.9 Å². The van der Waals surface area contributed by atoms with Crippen LogP contribution in [0.5, 0.6) is 0 Å². The summed E-state index contributed by atoms with van der Waals surface area (Å²) in [6, 6.07) is 0.392. The fourth-order valence-electron chi connectivity index (χ4n) is 3.49. The molecule has 0 saturated heterocycles. The van der Waals surface area contributed by atoms with Gasteiger partial charge in [-0.25, -0.2) is 0 Å². The van der Waals surface area contributed by atoms with Crippen molar-refractivity contribution in [1.29, 1.82) is 0 Å². The van der Waals surface area contributed by atoms with Gasteiger partial charge in [0.2, 0.25) is 5.91 Å². The largest absolute Gasteiger partial charge is 0.353 e. The van der Waals surface area contributed by atoms with E-state index >= 15 is 0 Å². The average molecular weight is 284 g/mol. The molecule has 0 heterocycles. The third kappa shape index (κ3) is 4.67. The van der Waals surface area contributed by atoms with Crippen LogP contribution in [-0.2, 0) is 4.79 Å². The number of hydrogen-bond donors (Lipinski definition) is 2. The fraction of sp³-hybridized carbons (Fsp3) is 0.933. The van der Waals surface area contributed by atoms with Gasteiger partial charge in [0.1, 0.15) is 0 Å². The Kier molecular flexibility index (Phi) is 5.58. The standard InChI is InChI=1S/C15H28N2OS/c1-2-19-13-7-6-12(10-13)17-14(18)11-15(16)8-4-3-5-9-15/h12-13H,2-11,16H2,1H3,(H,17,18). The molecule has 2 fully saturated rings. The van der Waals surface area contributed by atoms with Crippen molar-refractivity contribution < 1.29 is 4.79 Å². The minimum absolute atomic E-state index is 0.177. The van der Waals surface area contributed by atoms with E-state index in [0.717, 1.165) is 30.9 Å². The molecule has 110 valence electrons. The molecule has 0 aliphatic heterocycles. The van der Waals surface area contributed by atoms with Crippen molar-refractivity contribution in [2.45, 2.75) is 81.5 Å². The molecule has 2 atom stereocenters. The van der Waals surface area contributed by atoms with E-state index in [9.17, 15) is 4.79 Å². The van der Waals surface area contributed by atoms with Gasteiger partial charge in [0.15, 0.2) is 0 Å². The topological polar surface area (TPSA) is 55.1 Å². The number of carbonyl (C=O) groups is 1. The fourth-order valence-corrected chi connectivity index (χ4v) is 4.63. The van der Waals surface area contributed by atoms with Gasteiger partial charge in [0, 0.05) is 23.3 Å². The zero-order valence-electron chi connectivity index (χ0n) is 12.1. The first kappa shape index (κ1) is 15.2. The first-order valence-electron chi connectivity index (χ1n) is 7.81. The average Bonchev–Trinajstić information content (AvgIpc) is 2.77. The second kappa shape index (κ2) is 6.98. The molecule has 0 radical (unpaired) electrons. The molecule has 0 aromatic heterocycles. The second-order valence-corrected chi connectivity index (χ2v) is 7.83. The SMILES string of the molecule is CCSC1CCC(NC(=O)CC2(N)CCCCC2)C1. The van der Waals surface area contributed by atoms with E-state index in [1.54, 1.807) is 0 Å². The van der Waals surface area contributed by atoms with Gasteiger partial charge in [-0.3, -0.25) is 4.79 Å². The predicted octanol–water partition coefficient (Wildman–Crippen LogP) is 2.83. The highest BCUT2D eigenvalue weighted by molar-refractivity contribution is 7.99. The Balaban J connectivity index is 1.72. The van der Waals surface area contributed by atoms with Crippen LogP contribution < -0.4 is 11.1 Å². The molecular formula is C15H28N2OS. The number of rotatable bonds is 5. The molecule has 2 saturated carbocycles. The normalized spacial score (nSPS) is 30.2. The summed E-state index contributed by atoms with van der Waals surface area (Å²) in [6.45, 7) is 2.21. The van der Waals surface area contributed by atoms with Gasteiger partial charge in [-0.2, -0.15) is 11.8 Å². The van der Waals surface area contributed by atoms with Crippen molar-refractivity contribution in [2.24, 2.45) is 5.73 Å². The van der Waals surface area contributed by atoms with Crippen LogP contribution in [0.1, 0.15) is 64.7 Å². The summed E-state index contributed by atoms with van der Waals surface area (Å²) in [4.78, 5) is 12.1. The molecule has 2 rings (SSSR count). The summed E-state index contributed by atoms with van der Waals surface area (Å²) in [7, 11) is 0. The molecule has 19 heavy (non-hydrogen) atoms. The van der Waals surface area contributed by atoms with Crippen LogP contribution in [-0.4, -0.2) is 28.5 Å². The Morgan fingerprint density at radius 2 is 2.05 bits per heavy atom. The van der Waals surface area contributed by atoms with Crippen molar-refractivity contribution in [2.75, 3.05) is 5.75 Å². The summed E-state index contributed by atoms with van der Waals surface area (Å²) in [5.41, 5.74) is 6.12. The minimum Gasteiger partial charge on any atom is -0.353 e. The monoisotopic (exact) mass is 284 g/mol. The highest BCUT2D eigenvalue weighted by Crippen LogP contribution is 2.31. The van der Waals surface area contributed by atoms with Gasteiger partial charge < -0.3 is 11.1 Å². The lowest BCUT2D eigenvalue weighted by Crippen LogP contribution is -2.47. The molecule has 4 heteroatoms. The molecule has 0 aromatic rings. The van der Waals surface area contributed by atoms with Crippen molar-refractivity contribution in [3.05, 3.63) is 0 Å². The van der Waals surface area contributed by atoms with E-state index in [1.807, 2.05) is 11.8 Å². The van der Waals surface area contributed by atoms with Crippen LogP contribution in [0.25, 0.3) is 0 Å². The Hall–Kier alpha value is -0.220. The maximum Gasteiger partial charge on any atom is 0.222 e. The third-order valence-corrected chi connectivity index (χ3v) is 5.75. The number of amides is 1. The molecular weight excluding hydrogens is 256 g/mol. The lowest BCUT2D eigenvalue weighted by atomic mass is 9.80. The van der Waals surface area contributed by atoms with E-state index in [4.69, 9.17) is 5.73 Å². The van der Waals surface area contributed by atoms with Gasteiger partial charge in [0.05, 0.1) is 0 Å². The van der Waals surface area contributed by atoms with Crippen LogP contribution >= 0.6 is 11.8 Å². The van der Waals surface area contributed by atoms with E-state index in [2.05, 4.69) is 12.2 Å². The van der Waals surface area contributed by atoms with E-state index in [-0.39, 0.29) is 11.4 Å². The van der Waals surface area contributed by atoms with Gasteiger partial charge in [-0.15, -0.1) is 0 Å². The van der Waals surface area contributed by atoms with Crippen molar-refractivity contribution >= 4 is 17.7 Å². The summed E-state index contributed by atoms with van der Waals surface area (Å²) in [6.07, 6.45) is 9.72. The molecule has 0 bridgehead atoms. The molecule has 3 N–H and O–H groups in total. The quantitative estimate of drug-likeness (QED) is 0.816. The second-order valence-electron chi connectivity index (χ2n) is 6.25. The first-order chi connectivity index (χ1) is 9.11. The molecule has 2 aliphatic carbocycles. The van der Waals surface area contributed by atoms with Crippen LogP contribution in [0.2, 0.25) is 0 Å². The Bertz CT molecular complexity index is 303. The van der Waals surface area contributed by atoms with E-state index in [1.165, 1.54) is 31.4 Å². The predicted molar refractivity (Wildman–Crippen MR) is 82.3 cm³/mol. The Morgan fingerprint density at radius 1 is 1.32 bits per heavy atom. The third-order valence-electron chi connectivity index (χ3n) is 4.51. The minimum atomic E-state index is -0.224. The molecule has 1 amide bonds. The molecule has 2 aliphatic rings. The molecule has 0 spiro atoms. The van der Waals surface area contributed by atoms with Crippen LogP contribution in [0.15, 0.2) is 0 Å². The number of hydrogen-bond acceptors (Lipinski definition) is 3. The maximum absolute atomic E-state index is 12.1. The van der Waals surface area contributed by atoms with E-state index < -0.39 is 0 Å². The first-order valence-corrected chi connectivity index (χ1v) is 8.86. The zero-order valence-corrected chi connectivity index (χ0v) is 12.9. The molecule has 0 aromatic carbocycles. The van der Waals surface area contributed by atoms with Gasteiger partial charge >= 0.3 is 0 Å². The van der Waals surface area contributed by atoms with Crippen LogP contribution in [0.4, 0.5) is 0 Å². The summed E-state index contributed by atoms with van der Waals surface area (Å²) < 4.78 is 0. The maximum atomic E-state index is 12.1. The highest BCUT2D eigenvalue weighted by atomic mass is 32.2. The lowest BCUT2D eigenvalue weighted by molar-refractivity contribution is -0.123. The van der Waals surface area contributed by atoms with Crippen molar-refractivity contribution in [3.63, 3.8) is 0 Å². The summed E-state index contributed by atoms with van der Waals surface area (Å²) >= 11 is 2.03. The molecule has 3 nitrogen and oxygen atoms in total. The van der Waals surface area contributed by atoms with Crippen LogP contribution in [0, 0.1) is 0 Å². The van der Waals surface area contributed by atoms with E-state index in [0.29, 0.717) is 12.5 Å². The lowest BCUT2D eigenvalue weighted by Gasteiger charge is -2.33. The number of thioether (sulfide) groups is 1. The van der Waals surface area contributed by atoms with Gasteiger partial charge in [-0.1, -0.05) is 26.2 Å². The zero-order chi connectivity index (χ0) is 13.7. The smallest absolute Gasteiger partial charge is 0.222 e. The van der Waals surface area contributed by atoms with Gasteiger partial charge in [0.25, 0.3) is 0 Å². The number of nitrogens with two attached hydrogens (primary N) is 1. The summed E-state index contributed by atoms with van der Waals surface area (Å²) in [5.74, 6) is 1.36. The Labute approximate surface area is 121 Å².